The lowest BCUT2D eigenvalue weighted by atomic mass is 10.0. The molecule has 0 radical (unpaired) electrons. The summed E-state index contributed by atoms with van der Waals surface area (Å²) in [6.07, 6.45) is 0. The molecule has 8 heteroatoms. The quantitative estimate of drug-likeness (QED) is 0.256. The number of rotatable bonds is 4. The number of nitrogens with zero attached hydrogens (tertiary/aromatic N) is 1. The van der Waals surface area contributed by atoms with E-state index in [-0.39, 0.29) is 16.3 Å². The van der Waals surface area contributed by atoms with Crippen molar-refractivity contribution in [3.8, 4) is 11.1 Å². The van der Waals surface area contributed by atoms with Crippen LogP contribution in [0, 0.1) is 17.0 Å². The van der Waals surface area contributed by atoms with Gasteiger partial charge in [-0.25, -0.2) is 4.79 Å². The average molecular weight is 435 g/mol. The number of carbonyl (C=O) groups excluding carboxylic acids is 1. The first-order valence-corrected chi connectivity index (χ1v) is 9.60. The second-order valence-electron chi connectivity index (χ2n) is 6.89. The Kier molecular flexibility index (Phi) is 5.27. The normalized spacial score (nSPS) is 10.8. The van der Waals surface area contributed by atoms with Crippen LogP contribution in [0.4, 0.5) is 11.4 Å². The Morgan fingerprint density at radius 2 is 1.81 bits per heavy atom. The van der Waals surface area contributed by atoms with Crippen molar-refractivity contribution in [3.05, 3.63) is 103 Å². The molecule has 0 saturated carbocycles. The second kappa shape index (κ2) is 8.04. The van der Waals surface area contributed by atoms with Gasteiger partial charge in [-0.2, -0.15) is 0 Å². The summed E-state index contributed by atoms with van der Waals surface area (Å²) >= 11 is 6.04. The van der Waals surface area contributed by atoms with Crippen molar-refractivity contribution in [3.63, 3.8) is 0 Å². The lowest BCUT2D eigenvalue weighted by molar-refractivity contribution is -0.384. The van der Waals surface area contributed by atoms with Gasteiger partial charge in [-0.15, -0.1) is 0 Å². The number of aryl methyl sites for hydroxylation is 1. The Morgan fingerprint density at radius 3 is 2.55 bits per heavy atom. The molecule has 0 atom stereocenters. The zero-order valence-corrected chi connectivity index (χ0v) is 17.0. The van der Waals surface area contributed by atoms with Gasteiger partial charge in [-0.3, -0.25) is 14.9 Å². The third-order valence-electron chi connectivity index (χ3n) is 4.82. The van der Waals surface area contributed by atoms with Crippen LogP contribution in [0.15, 0.2) is 75.9 Å². The first-order valence-electron chi connectivity index (χ1n) is 9.23. The van der Waals surface area contributed by atoms with Gasteiger partial charge in [0, 0.05) is 23.2 Å². The monoisotopic (exact) mass is 434 g/mol. The van der Waals surface area contributed by atoms with E-state index in [0.717, 1.165) is 17.0 Å². The topological polar surface area (TPSA) is 102 Å². The minimum absolute atomic E-state index is 0.00669. The zero-order valence-electron chi connectivity index (χ0n) is 16.2. The molecule has 31 heavy (non-hydrogen) atoms. The van der Waals surface area contributed by atoms with E-state index in [4.69, 9.17) is 16.0 Å². The van der Waals surface area contributed by atoms with Crippen LogP contribution in [-0.4, -0.2) is 10.8 Å². The largest absolute Gasteiger partial charge is 0.422 e. The van der Waals surface area contributed by atoms with Gasteiger partial charge >= 0.3 is 5.63 Å². The molecule has 4 rings (SSSR count). The van der Waals surface area contributed by atoms with Crippen molar-refractivity contribution in [2.75, 3.05) is 5.32 Å². The summed E-state index contributed by atoms with van der Waals surface area (Å²) in [6.45, 7) is 1.81. The van der Waals surface area contributed by atoms with E-state index in [1.165, 1.54) is 12.1 Å². The Hall–Kier alpha value is -3.97. The fraction of sp³-hybridized carbons (Fsp3) is 0.0435. The van der Waals surface area contributed by atoms with Crippen LogP contribution in [0.5, 0.6) is 0 Å². The summed E-state index contributed by atoms with van der Waals surface area (Å²) in [6, 6.07) is 17.7. The molecule has 0 aliphatic rings. The smallest absolute Gasteiger partial charge is 0.344 e. The number of nitro groups is 1. The molecular formula is C23H15ClN2O5. The first kappa shape index (κ1) is 20.3. The van der Waals surface area contributed by atoms with Crippen molar-refractivity contribution in [1.82, 2.24) is 0 Å². The third kappa shape index (κ3) is 4.04. The maximum atomic E-state index is 12.6. The summed E-state index contributed by atoms with van der Waals surface area (Å²) in [4.78, 5) is 35.4. The number of hydrogen-bond acceptors (Lipinski definition) is 5. The summed E-state index contributed by atoms with van der Waals surface area (Å²) in [5.41, 5.74) is 2.09. The van der Waals surface area contributed by atoms with E-state index in [0.29, 0.717) is 22.4 Å². The molecule has 1 aromatic heterocycles. The van der Waals surface area contributed by atoms with E-state index in [1.54, 1.807) is 43.3 Å². The molecule has 7 nitrogen and oxygen atoms in total. The van der Waals surface area contributed by atoms with Crippen molar-refractivity contribution < 1.29 is 14.1 Å². The molecule has 3 aromatic carbocycles. The molecule has 0 fully saturated rings. The number of para-hydroxylation sites is 1. The number of halogens is 1. The number of amides is 1. The predicted molar refractivity (Wildman–Crippen MR) is 119 cm³/mol. The van der Waals surface area contributed by atoms with Crippen molar-refractivity contribution in [1.29, 1.82) is 0 Å². The summed E-state index contributed by atoms with van der Waals surface area (Å²) in [7, 11) is 0. The predicted octanol–water partition coefficient (Wildman–Crippen LogP) is 5.58. The number of benzene rings is 3. The number of nitro benzene ring substituents is 1. The van der Waals surface area contributed by atoms with Crippen LogP contribution in [-0.2, 0) is 0 Å². The highest BCUT2D eigenvalue weighted by Crippen LogP contribution is 2.27. The Labute approximate surface area is 181 Å². The first-order chi connectivity index (χ1) is 14.8. The fourth-order valence-electron chi connectivity index (χ4n) is 3.29. The molecule has 1 amide bonds. The molecule has 1 heterocycles. The van der Waals surface area contributed by atoms with Crippen molar-refractivity contribution in [2.24, 2.45) is 0 Å². The Balaban J connectivity index is 1.65. The molecule has 0 unspecified atom stereocenters. The minimum atomic E-state index is -0.596. The molecule has 154 valence electrons. The molecular weight excluding hydrogens is 420 g/mol. The highest BCUT2D eigenvalue weighted by atomic mass is 35.5. The molecule has 0 spiro atoms. The van der Waals surface area contributed by atoms with Gasteiger partial charge in [0.2, 0.25) is 0 Å². The van der Waals surface area contributed by atoms with Crippen LogP contribution in [0.2, 0.25) is 5.02 Å². The fourth-order valence-corrected chi connectivity index (χ4v) is 3.50. The standard InChI is InChI=1S/C23H15ClN2O5/c1-13-10-15(25-22(27)19-12-16(26(29)30)7-9-20(19)24)6-8-17(13)18-11-14-4-2-3-5-21(14)31-23(18)28/h2-12H,1H3,(H,25,27). The molecule has 0 bridgehead atoms. The minimum Gasteiger partial charge on any atom is -0.422 e. The van der Waals surface area contributed by atoms with E-state index < -0.39 is 16.5 Å². The zero-order chi connectivity index (χ0) is 22.1. The van der Waals surface area contributed by atoms with Crippen LogP contribution in [0.25, 0.3) is 22.1 Å². The summed E-state index contributed by atoms with van der Waals surface area (Å²) < 4.78 is 5.40. The maximum absolute atomic E-state index is 12.6. The van der Waals surface area contributed by atoms with Gasteiger partial charge < -0.3 is 9.73 Å². The molecule has 0 aliphatic carbocycles. The van der Waals surface area contributed by atoms with Crippen LogP contribution in [0.3, 0.4) is 0 Å². The Morgan fingerprint density at radius 1 is 1.03 bits per heavy atom. The molecule has 0 saturated heterocycles. The number of fused-ring (bicyclic) bond motifs is 1. The number of anilines is 1. The number of carbonyl (C=O) groups is 1. The van der Waals surface area contributed by atoms with E-state index in [2.05, 4.69) is 5.32 Å². The van der Waals surface area contributed by atoms with E-state index >= 15 is 0 Å². The van der Waals surface area contributed by atoms with Gasteiger partial charge in [0.25, 0.3) is 11.6 Å². The van der Waals surface area contributed by atoms with Gasteiger partial charge in [0.15, 0.2) is 0 Å². The lowest BCUT2D eigenvalue weighted by Crippen LogP contribution is -2.13. The SMILES string of the molecule is Cc1cc(NC(=O)c2cc([N+](=O)[O-])ccc2Cl)ccc1-c1cc2ccccc2oc1=O. The number of hydrogen-bond donors (Lipinski definition) is 1. The lowest BCUT2D eigenvalue weighted by Gasteiger charge is -2.11. The third-order valence-corrected chi connectivity index (χ3v) is 5.15. The summed E-state index contributed by atoms with van der Waals surface area (Å²) in [5, 5.41) is 14.6. The van der Waals surface area contributed by atoms with Gasteiger partial charge in [-0.05, 0) is 48.4 Å². The van der Waals surface area contributed by atoms with E-state index in [9.17, 15) is 19.7 Å². The van der Waals surface area contributed by atoms with Crippen LogP contribution < -0.4 is 10.9 Å². The molecule has 1 N–H and O–H groups in total. The summed E-state index contributed by atoms with van der Waals surface area (Å²) in [5.74, 6) is -0.578. The van der Waals surface area contributed by atoms with Crippen molar-refractivity contribution in [2.45, 2.75) is 6.92 Å². The van der Waals surface area contributed by atoms with Gasteiger partial charge in [-0.1, -0.05) is 35.9 Å². The number of nitrogens with one attached hydrogen (secondary N) is 1. The average Bonchev–Trinajstić information content (AvgIpc) is 2.73. The molecule has 0 aliphatic heterocycles. The van der Waals surface area contributed by atoms with Crippen molar-refractivity contribution >= 4 is 39.9 Å². The van der Waals surface area contributed by atoms with Gasteiger partial charge in [0.05, 0.1) is 21.1 Å². The van der Waals surface area contributed by atoms with Crippen LogP contribution >= 0.6 is 11.6 Å². The van der Waals surface area contributed by atoms with Gasteiger partial charge in [0.1, 0.15) is 5.58 Å². The van der Waals surface area contributed by atoms with Crippen LogP contribution in [0.1, 0.15) is 15.9 Å². The van der Waals surface area contributed by atoms with E-state index in [1.807, 2.05) is 12.1 Å². The maximum Gasteiger partial charge on any atom is 0.344 e. The second-order valence-corrected chi connectivity index (χ2v) is 7.30. The highest BCUT2D eigenvalue weighted by Gasteiger charge is 2.17. The molecule has 4 aromatic rings. The Bertz CT molecular complexity index is 1410. The highest BCUT2D eigenvalue weighted by molar-refractivity contribution is 6.34. The number of non-ortho nitro benzene ring substituents is 1.